The maximum absolute atomic E-state index is 13.4. The summed E-state index contributed by atoms with van der Waals surface area (Å²) < 4.78 is 14.3. The Morgan fingerprint density at radius 1 is 1.39 bits per heavy atom. The number of carboxylic acid groups (broad SMARTS) is 1. The highest BCUT2D eigenvalue weighted by Crippen LogP contribution is 2.33. The molecule has 0 saturated carbocycles. The molecule has 2 unspecified atom stereocenters. The number of aliphatic carboxylic acids is 1. The number of hydrogen-bond acceptors (Lipinski definition) is 3. The molecular formula is C17H18FNO3S. The van der Waals surface area contributed by atoms with E-state index in [1.165, 1.54) is 23.5 Å². The molecule has 1 aliphatic rings. The van der Waals surface area contributed by atoms with Crippen molar-refractivity contribution < 1.29 is 19.1 Å². The van der Waals surface area contributed by atoms with Crippen LogP contribution in [0.1, 0.15) is 28.6 Å². The van der Waals surface area contributed by atoms with Crippen molar-refractivity contribution in [3.8, 4) is 0 Å². The Balaban J connectivity index is 1.87. The standard InChI is InChI=1S/C17H18FNO3S/c1-9-8-19(6-5-12(9)17(21)22)16(20)15-10(2)13-7-11(18)3-4-14(13)23-15/h3-4,7,9,12H,5-6,8H2,1-2H3,(H,21,22). The number of thiophene rings is 1. The molecule has 0 aliphatic carbocycles. The number of carbonyl (C=O) groups is 2. The van der Waals surface area contributed by atoms with E-state index in [0.29, 0.717) is 24.4 Å². The number of nitrogens with zero attached hydrogens (tertiary/aromatic N) is 1. The lowest BCUT2D eigenvalue weighted by molar-refractivity contribution is -0.145. The first-order chi connectivity index (χ1) is 10.9. The third-order valence-corrected chi connectivity index (χ3v) is 5.86. The minimum atomic E-state index is -0.793. The van der Waals surface area contributed by atoms with Crippen molar-refractivity contribution in [2.45, 2.75) is 20.3 Å². The van der Waals surface area contributed by atoms with E-state index in [2.05, 4.69) is 0 Å². The second-order valence-electron chi connectivity index (χ2n) is 6.16. The summed E-state index contributed by atoms with van der Waals surface area (Å²) in [5.41, 5.74) is 0.794. The van der Waals surface area contributed by atoms with Crippen LogP contribution in [0.2, 0.25) is 0 Å². The molecule has 4 nitrogen and oxygen atoms in total. The normalized spacial score (nSPS) is 21.6. The Morgan fingerprint density at radius 2 is 2.13 bits per heavy atom. The minimum Gasteiger partial charge on any atom is -0.481 e. The molecule has 1 aromatic heterocycles. The first kappa shape index (κ1) is 15.9. The van der Waals surface area contributed by atoms with E-state index in [0.717, 1.165) is 15.6 Å². The van der Waals surface area contributed by atoms with Crippen molar-refractivity contribution >= 4 is 33.3 Å². The van der Waals surface area contributed by atoms with Gasteiger partial charge in [0.05, 0.1) is 10.8 Å². The molecule has 1 aromatic carbocycles. The minimum absolute atomic E-state index is 0.0719. The summed E-state index contributed by atoms with van der Waals surface area (Å²) in [6.07, 6.45) is 0.473. The van der Waals surface area contributed by atoms with Crippen LogP contribution in [0, 0.1) is 24.6 Å². The second-order valence-corrected chi connectivity index (χ2v) is 7.21. The largest absolute Gasteiger partial charge is 0.481 e. The quantitative estimate of drug-likeness (QED) is 0.913. The molecule has 1 fully saturated rings. The molecule has 1 aliphatic heterocycles. The molecule has 0 spiro atoms. The summed E-state index contributed by atoms with van der Waals surface area (Å²) in [5, 5.41) is 9.95. The van der Waals surface area contributed by atoms with Crippen molar-refractivity contribution in [3.05, 3.63) is 34.5 Å². The van der Waals surface area contributed by atoms with Crippen LogP contribution in [0.25, 0.3) is 10.1 Å². The zero-order valence-corrected chi connectivity index (χ0v) is 13.8. The van der Waals surface area contributed by atoms with Gasteiger partial charge in [0.15, 0.2) is 0 Å². The lowest BCUT2D eigenvalue weighted by Crippen LogP contribution is -2.44. The monoisotopic (exact) mass is 335 g/mol. The highest BCUT2D eigenvalue weighted by Gasteiger charge is 2.34. The highest BCUT2D eigenvalue weighted by molar-refractivity contribution is 7.21. The van der Waals surface area contributed by atoms with Crippen LogP contribution in [-0.2, 0) is 4.79 Å². The van der Waals surface area contributed by atoms with Gasteiger partial charge in [-0.3, -0.25) is 9.59 Å². The summed E-state index contributed by atoms with van der Waals surface area (Å²) in [5.74, 6) is -1.65. The van der Waals surface area contributed by atoms with E-state index in [-0.39, 0.29) is 17.6 Å². The van der Waals surface area contributed by atoms with Crippen molar-refractivity contribution in [1.29, 1.82) is 0 Å². The van der Waals surface area contributed by atoms with Crippen LogP contribution in [0.3, 0.4) is 0 Å². The van der Waals surface area contributed by atoms with Crippen LogP contribution in [0.5, 0.6) is 0 Å². The molecule has 1 N–H and O–H groups in total. The highest BCUT2D eigenvalue weighted by atomic mass is 32.1. The number of carbonyl (C=O) groups excluding carboxylic acids is 1. The van der Waals surface area contributed by atoms with Crippen molar-refractivity contribution in [2.75, 3.05) is 13.1 Å². The number of rotatable bonds is 2. The van der Waals surface area contributed by atoms with Gasteiger partial charge < -0.3 is 10.0 Å². The molecule has 0 radical (unpaired) electrons. The lowest BCUT2D eigenvalue weighted by atomic mass is 9.87. The predicted molar refractivity (Wildman–Crippen MR) is 87.3 cm³/mol. The molecule has 2 heterocycles. The molecule has 1 saturated heterocycles. The fourth-order valence-electron chi connectivity index (χ4n) is 3.24. The lowest BCUT2D eigenvalue weighted by Gasteiger charge is -2.34. The number of carboxylic acids is 1. The number of benzene rings is 1. The first-order valence-corrected chi connectivity index (χ1v) is 8.41. The van der Waals surface area contributed by atoms with Crippen LogP contribution < -0.4 is 0 Å². The summed E-state index contributed by atoms with van der Waals surface area (Å²) in [6.45, 7) is 4.59. The van der Waals surface area contributed by atoms with Gasteiger partial charge in [-0.1, -0.05) is 6.92 Å². The van der Waals surface area contributed by atoms with Gasteiger partial charge in [-0.2, -0.15) is 0 Å². The molecule has 0 bridgehead atoms. The van der Waals surface area contributed by atoms with Gasteiger partial charge in [-0.05, 0) is 48.4 Å². The number of aryl methyl sites for hydroxylation is 1. The second kappa shape index (κ2) is 5.92. The summed E-state index contributed by atoms with van der Waals surface area (Å²) in [7, 11) is 0. The SMILES string of the molecule is Cc1c(C(=O)N2CCC(C(=O)O)C(C)C2)sc2ccc(F)cc12. The third-order valence-electron chi connectivity index (χ3n) is 4.60. The van der Waals surface area contributed by atoms with E-state index < -0.39 is 11.9 Å². The molecule has 122 valence electrons. The molecule has 2 aromatic rings. The fraction of sp³-hybridized carbons (Fsp3) is 0.412. The number of halogens is 1. The predicted octanol–water partition coefficient (Wildman–Crippen LogP) is 3.53. The number of piperidine rings is 1. The van der Waals surface area contributed by atoms with Crippen LogP contribution in [0.4, 0.5) is 4.39 Å². The number of amides is 1. The van der Waals surface area contributed by atoms with E-state index in [1.54, 1.807) is 11.0 Å². The van der Waals surface area contributed by atoms with Gasteiger partial charge in [0, 0.05) is 17.8 Å². The maximum atomic E-state index is 13.4. The smallest absolute Gasteiger partial charge is 0.306 e. The molecular weight excluding hydrogens is 317 g/mol. The Morgan fingerprint density at radius 3 is 2.78 bits per heavy atom. The third kappa shape index (κ3) is 2.83. The maximum Gasteiger partial charge on any atom is 0.306 e. The van der Waals surface area contributed by atoms with Gasteiger partial charge in [0.25, 0.3) is 5.91 Å². The molecule has 1 amide bonds. The number of hydrogen-bond donors (Lipinski definition) is 1. The van der Waals surface area contributed by atoms with Crippen LogP contribution in [-0.4, -0.2) is 35.0 Å². The Bertz CT molecular complexity index is 785. The summed E-state index contributed by atoms with van der Waals surface area (Å²) in [4.78, 5) is 26.3. The van der Waals surface area contributed by atoms with Gasteiger partial charge in [0.1, 0.15) is 5.82 Å². The Labute approximate surface area is 137 Å². The average Bonchev–Trinajstić information content (AvgIpc) is 2.83. The fourth-order valence-corrected chi connectivity index (χ4v) is 4.40. The Kier molecular flexibility index (Phi) is 4.10. The number of fused-ring (bicyclic) bond motifs is 1. The van der Waals surface area contributed by atoms with Gasteiger partial charge in [-0.15, -0.1) is 11.3 Å². The average molecular weight is 335 g/mol. The zero-order chi connectivity index (χ0) is 16.7. The Hall–Kier alpha value is -1.95. The van der Waals surface area contributed by atoms with Crippen molar-refractivity contribution in [2.24, 2.45) is 11.8 Å². The summed E-state index contributed by atoms with van der Waals surface area (Å²) >= 11 is 1.37. The topological polar surface area (TPSA) is 57.6 Å². The molecule has 3 rings (SSSR count). The zero-order valence-electron chi connectivity index (χ0n) is 13.0. The van der Waals surface area contributed by atoms with E-state index in [9.17, 15) is 19.1 Å². The van der Waals surface area contributed by atoms with Crippen molar-refractivity contribution in [3.63, 3.8) is 0 Å². The van der Waals surface area contributed by atoms with Crippen LogP contribution in [0.15, 0.2) is 18.2 Å². The van der Waals surface area contributed by atoms with Gasteiger partial charge >= 0.3 is 5.97 Å². The van der Waals surface area contributed by atoms with E-state index in [4.69, 9.17) is 0 Å². The first-order valence-electron chi connectivity index (χ1n) is 7.59. The van der Waals surface area contributed by atoms with Gasteiger partial charge in [0.2, 0.25) is 0 Å². The van der Waals surface area contributed by atoms with Gasteiger partial charge in [-0.25, -0.2) is 4.39 Å². The van der Waals surface area contributed by atoms with Crippen molar-refractivity contribution in [1.82, 2.24) is 4.90 Å². The summed E-state index contributed by atoms with van der Waals surface area (Å²) in [6, 6.07) is 4.54. The van der Waals surface area contributed by atoms with E-state index >= 15 is 0 Å². The van der Waals surface area contributed by atoms with Crippen LogP contribution >= 0.6 is 11.3 Å². The molecule has 6 heteroatoms. The molecule has 2 atom stereocenters. The number of likely N-dealkylation sites (tertiary alicyclic amines) is 1. The molecule has 23 heavy (non-hydrogen) atoms. The van der Waals surface area contributed by atoms with E-state index in [1.807, 2.05) is 13.8 Å².